The molecule has 0 saturated heterocycles. The van der Waals surface area contributed by atoms with Crippen molar-refractivity contribution in [2.75, 3.05) is 5.88 Å². The summed E-state index contributed by atoms with van der Waals surface area (Å²) >= 11 is 5.49. The highest BCUT2D eigenvalue weighted by Crippen LogP contribution is 2.16. The molecule has 0 spiro atoms. The highest BCUT2D eigenvalue weighted by atomic mass is 35.5. The summed E-state index contributed by atoms with van der Waals surface area (Å²) in [5.41, 5.74) is 0. The molecule has 0 rings (SSSR count). The third-order valence-electron chi connectivity index (χ3n) is 5.19. The van der Waals surface area contributed by atoms with Gasteiger partial charge in [-0.05, 0) is 25.7 Å². The number of alkyl halides is 1. The molecule has 0 aliphatic heterocycles. The summed E-state index contributed by atoms with van der Waals surface area (Å²) in [7, 11) is 0. The number of carboxylic acid groups (broad SMARTS) is 1. The van der Waals surface area contributed by atoms with Crippen LogP contribution in [0.15, 0.2) is 0 Å². The summed E-state index contributed by atoms with van der Waals surface area (Å²) < 4.78 is 0. The number of aliphatic carboxylic acids is 1. The molecular formula is C21H41ClO6. The van der Waals surface area contributed by atoms with Gasteiger partial charge in [-0.2, -0.15) is 0 Å². The minimum Gasteiger partial charge on any atom is -0.481 e. The van der Waals surface area contributed by atoms with E-state index in [1.807, 2.05) is 0 Å². The van der Waals surface area contributed by atoms with Gasteiger partial charge in [0.15, 0.2) is 0 Å². The number of rotatable bonds is 20. The van der Waals surface area contributed by atoms with E-state index < -0.39 is 30.4 Å². The predicted molar refractivity (Wildman–Crippen MR) is 112 cm³/mol. The number of aliphatic hydroxyl groups excluding tert-OH is 4. The first kappa shape index (κ1) is 27.6. The number of unbranched alkanes of at least 4 members (excludes halogenated alkanes) is 9. The van der Waals surface area contributed by atoms with Gasteiger partial charge >= 0.3 is 5.97 Å². The number of halogens is 1. The Morgan fingerprint density at radius 1 is 0.571 bits per heavy atom. The summed E-state index contributed by atoms with van der Waals surface area (Å²) in [5.74, 6) is -0.693. The summed E-state index contributed by atoms with van der Waals surface area (Å²) in [6.45, 7) is 0. The zero-order valence-electron chi connectivity index (χ0n) is 17.1. The van der Waals surface area contributed by atoms with Crippen LogP contribution in [0.5, 0.6) is 0 Å². The minimum atomic E-state index is -0.841. The lowest BCUT2D eigenvalue weighted by molar-refractivity contribution is -0.137. The Bertz CT molecular complexity index is 369. The van der Waals surface area contributed by atoms with Gasteiger partial charge in [-0.3, -0.25) is 4.79 Å². The molecule has 0 aromatic heterocycles. The second kappa shape index (κ2) is 18.6. The van der Waals surface area contributed by atoms with Crippen molar-refractivity contribution >= 4 is 17.6 Å². The van der Waals surface area contributed by atoms with E-state index in [0.29, 0.717) is 25.7 Å². The molecule has 7 heteroatoms. The van der Waals surface area contributed by atoms with Gasteiger partial charge in [0.25, 0.3) is 0 Å². The number of carbonyl (C=O) groups is 1. The highest BCUT2D eigenvalue weighted by Gasteiger charge is 2.15. The van der Waals surface area contributed by atoms with E-state index >= 15 is 0 Å². The standard InChI is InChI=1S/C21H41ClO6/c22-16-20(26)19(25)14-10-5-2-1-4-8-12-17(23)18(24)13-9-6-3-7-11-15-21(27)28/h17-20,23-26H,1-16H2,(H,27,28). The van der Waals surface area contributed by atoms with Gasteiger partial charge in [-0.1, -0.05) is 64.2 Å². The maximum absolute atomic E-state index is 10.4. The van der Waals surface area contributed by atoms with E-state index in [-0.39, 0.29) is 12.3 Å². The van der Waals surface area contributed by atoms with Crippen LogP contribution in [0.3, 0.4) is 0 Å². The predicted octanol–water partition coefficient (Wildman–Crippen LogP) is 3.60. The van der Waals surface area contributed by atoms with Crippen LogP contribution in [-0.4, -0.2) is 61.8 Å². The molecule has 5 N–H and O–H groups in total. The first-order valence-electron chi connectivity index (χ1n) is 10.9. The van der Waals surface area contributed by atoms with Crippen LogP contribution >= 0.6 is 11.6 Å². The molecule has 0 aromatic carbocycles. The lowest BCUT2D eigenvalue weighted by Crippen LogP contribution is -2.27. The average Bonchev–Trinajstić information content (AvgIpc) is 2.67. The van der Waals surface area contributed by atoms with Gasteiger partial charge in [-0.25, -0.2) is 0 Å². The second-order valence-electron chi connectivity index (χ2n) is 7.82. The molecule has 0 radical (unpaired) electrons. The average molecular weight is 425 g/mol. The third-order valence-corrected chi connectivity index (χ3v) is 5.50. The van der Waals surface area contributed by atoms with Gasteiger partial charge < -0.3 is 25.5 Å². The molecule has 0 heterocycles. The van der Waals surface area contributed by atoms with Crippen LogP contribution in [0.1, 0.15) is 96.3 Å². The summed E-state index contributed by atoms with van der Waals surface area (Å²) in [4.78, 5) is 10.4. The Balaban J connectivity index is 3.45. The van der Waals surface area contributed by atoms with Crippen LogP contribution in [0.25, 0.3) is 0 Å². The van der Waals surface area contributed by atoms with Crippen LogP contribution in [-0.2, 0) is 4.79 Å². The first-order valence-corrected chi connectivity index (χ1v) is 11.4. The van der Waals surface area contributed by atoms with Crippen molar-refractivity contribution in [3.63, 3.8) is 0 Å². The zero-order valence-corrected chi connectivity index (χ0v) is 17.9. The molecule has 168 valence electrons. The van der Waals surface area contributed by atoms with E-state index in [0.717, 1.165) is 64.2 Å². The second-order valence-corrected chi connectivity index (χ2v) is 8.13. The number of carboxylic acids is 1. The lowest BCUT2D eigenvalue weighted by Gasteiger charge is -2.17. The first-order chi connectivity index (χ1) is 13.4. The van der Waals surface area contributed by atoms with Crippen molar-refractivity contribution in [2.45, 2.75) is 121 Å². The zero-order chi connectivity index (χ0) is 21.2. The van der Waals surface area contributed by atoms with Crippen LogP contribution in [0, 0.1) is 0 Å². The van der Waals surface area contributed by atoms with Gasteiger partial charge in [-0.15, -0.1) is 11.6 Å². The van der Waals surface area contributed by atoms with Crippen LogP contribution < -0.4 is 0 Å². The topological polar surface area (TPSA) is 118 Å². The molecule has 4 unspecified atom stereocenters. The molecule has 0 bridgehead atoms. The third kappa shape index (κ3) is 16.5. The van der Waals surface area contributed by atoms with Crippen LogP contribution in [0.4, 0.5) is 0 Å². The fourth-order valence-electron chi connectivity index (χ4n) is 3.25. The van der Waals surface area contributed by atoms with E-state index in [4.69, 9.17) is 16.7 Å². The molecule has 0 fully saturated rings. The minimum absolute atomic E-state index is 0.0577. The SMILES string of the molecule is O=C(O)CCCCCCCC(O)C(O)CCCCCCCCC(O)C(O)CCl. The Morgan fingerprint density at radius 3 is 1.25 bits per heavy atom. The molecule has 6 nitrogen and oxygen atoms in total. The van der Waals surface area contributed by atoms with E-state index in [1.54, 1.807) is 0 Å². The van der Waals surface area contributed by atoms with E-state index in [2.05, 4.69) is 0 Å². The largest absolute Gasteiger partial charge is 0.481 e. The van der Waals surface area contributed by atoms with Crippen molar-refractivity contribution in [1.29, 1.82) is 0 Å². The number of hydrogen-bond donors (Lipinski definition) is 5. The monoisotopic (exact) mass is 424 g/mol. The molecule has 0 aliphatic rings. The Kier molecular flexibility index (Phi) is 18.4. The van der Waals surface area contributed by atoms with Crippen molar-refractivity contribution < 1.29 is 30.3 Å². The molecule has 0 aliphatic carbocycles. The smallest absolute Gasteiger partial charge is 0.303 e. The fourth-order valence-corrected chi connectivity index (χ4v) is 3.46. The molecule has 0 amide bonds. The maximum atomic E-state index is 10.4. The molecular weight excluding hydrogens is 384 g/mol. The van der Waals surface area contributed by atoms with Crippen molar-refractivity contribution in [2.24, 2.45) is 0 Å². The van der Waals surface area contributed by atoms with Crippen molar-refractivity contribution in [3.05, 3.63) is 0 Å². The van der Waals surface area contributed by atoms with Gasteiger partial charge in [0.1, 0.15) is 0 Å². The summed E-state index contributed by atoms with van der Waals surface area (Å²) in [6.07, 6.45) is 9.37. The van der Waals surface area contributed by atoms with E-state index in [9.17, 15) is 25.2 Å². The van der Waals surface area contributed by atoms with Gasteiger partial charge in [0.2, 0.25) is 0 Å². The van der Waals surface area contributed by atoms with Gasteiger partial charge in [0.05, 0.1) is 30.3 Å². The fraction of sp³-hybridized carbons (Fsp3) is 0.952. The van der Waals surface area contributed by atoms with E-state index in [1.165, 1.54) is 0 Å². The summed E-state index contributed by atoms with van der Waals surface area (Å²) in [6, 6.07) is 0. The Morgan fingerprint density at radius 2 is 0.893 bits per heavy atom. The highest BCUT2D eigenvalue weighted by molar-refractivity contribution is 6.18. The molecule has 4 atom stereocenters. The van der Waals surface area contributed by atoms with Crippen LogP contribution in [0.2, 0.25) is 0 Å². The number of aliphatic hydroxyl groups is 4. The number of hydrogen-bond acceptors (Lipinski definition) is 5. The maximum Gasteiger partial charge on any atom is 0.303 e. The lowest BCUT2D eigenvalue weighted by atomic mass is 9.99. The summed E-state index contributed by atoms with van der Waals surface area (Å²) in [5, 5.41) is 47.5. The molecule has 0 aromatic rings. The van der Waals surface area contributed by atoms with Crippen molar-refractivity contribution in [3.8, 4) is 0 Å². The molecule has 28 heavy (non-hydrogen) atoms. The molecule has 0 saturated carbocycles. The Labute approximate surface area is 174 Å². The quantitative estimate of drug-likeness (QED) is 0.150. The Hall–Kier alpha value is -0.400. The normalized spacial score (nSPS) is 15.9. The van der Waals surface area contributed by atoms with Gasteiger partial charge in [0, 0.05) is 6.42 Å². The van der Waals surface area contributed by atoms with Crippen molar-refractivity contribution in [1.82, 2.24) is 0 Å².